The molecule has 1 N–H and O–H groups in total. The number of carbonyl (C=O) groups excluding carboxylic acids is 1. The fourth-order valence-electron chi connectivity index (χ4n) is 2.95. The first-order chi connectivity index (χ1) is 14.5. The number of oxazole rings is 1. The normalized spacial score (nSPS) is 10.8. The van der Waals surface area contributed by atoms with Gasteiger partial charge in [-0.1, -0.05) is 30.3 Å². The number of aromatic nitrogens is 5. The molecule has 0 spiro atoms. The van der Waals surface area contributed by atoms with Gasteiger partial charge in [0.1, 0.15) is 23.5 Å². The van der Waals surface area contributed by atoms with Crippen LogP contribution in [0.1, 0.15) is 21.8 Å². The summed E-state index contributed by atoms with van der Waals surface area (Å²) in [6.45, 7) is 2.34. The maximum atomic E-state index is 12.7. The molecule has 0 aliphatic heterocycles. The van der Waals surface area contributed by atoms with Crippen molar-refractivity contribution in [2.45, 2.75) is 13.5 Å². The smallest absolute Gasteiger partial charge is 0.309 e. The SMILES string of the molecule is Cc1cnc(Nc2ccnn2C)nc1-c1coc(C(=O)N(C)Cc2ccccc2)n1. The van der Waals surface area contributed by atoms with Crippen molar-refractivity contribution in [3.05, 3.63) is 72.1 Å². The Morgan fingerprint density at radius 3 is 2.73 bits per heavy atom. The van der Waals surface area contributed by atoms with Crippen LogP contribution in [0.2, 0.25) is 0 Å². The number of rotatable bonds is 6. The standard InChI is InChI=1S/C21H21N7O2/c1-14-11-22-21(25-17-9-10-23-28(17)3)26-18(14)16-13-30-19(24-16)20(29)27(2)12-15-7-5-4-6-8-15/h4-11,13H,12H2,1-3H3,(H,22,25,26). The van der Waals surface area contributed by atoms with Crippen molar-refractivity contribution in [2.24, 2.45) is 7.05 Å². The van der Waals surface area contributed by atoms with Gasteiger partial charge in [-0.3, -0.25) is 9.48 Å². The van der Waals surface area contributed by atoms with Crippen LogP contribution in [0.15, 0.2) is 59.5 Å². The average molecular weight is 403 g/mol. The van der Waals surface area contributed by atoms with E-state index in [1.165, 1.54) is 6.26 Å². The molecule has 9 nitrogen and oxygen atoms in total. The molecule has 0 fully saturated rings. The molecule has 30 heavy (non-hydrogen) atoms. The van der Waals surface area contributed by atoms with Gasteiger partial charge in [-0.2, -0.15) is 5.10 Å². The van der Waals surface area contributed by atoms with E-state index in [1.54, 1.807) is 29.0 Å². The van der Waals surface area contributed by atoms with Crippen LogP contribution in [0.4, 0.5) is 11.8 Å². The Hall–Kier alpha value is -4.01. The third kappa shape index (κ3) is 4.04. The minimum atomic E-state index is -0.301. The fourth-order valence-corrected chi connectivity index (χ4v) is 2.95. The second-order valence-corrected chi connectivity index (χ2v) is 6.87. The summed E-state index contributed by atoms with van der Waals surface area (Å²) in [5.74, 6) is 0.868. The molecule has 1 aromatic carbocycles. The van der Waals surface area contributed by atoms with Gasteiger partial charge >= 0.3 is 5.91 Å². The van der Waals surface area contributed by atoms with Crippen molar-refractivity contribution in [1.29, 1.82) is 0 Å². The molecular weight excluding hydrogens is 382 g/mol. The Kier molecular flexibility index (Phi) is 5.25. The maximum absolute atomic E-state index is 12.7. The van der Waals surface area contributed by atoms with Gasteiger partial charge in [0.2, 0.25) is 5.95 Å². The van der Waals surface area contributed by atoms with Gasteiger partial charge in [-0.05, 0) is 18.1 Å². The summed E-state index contributed by atoms with van der Waals surface area (Å²) in [5.41, 5.74) is 2.90. The molecule has 0 saturated carbocycles. The van der Waals surface area contributed by atoms with Crippen LogP contribution >= 0.6 is 0 Å². The number of anilines is 2. The molecule has 0 bridgehead atoms. The highest BCUT2D eigenvalue weighted by Crippen LogP contribution is 2.23. The zero-order valence-corrected chi connectivity index (χ0v) is 16.9. The molecule has 0 atom stereocenters. The first-order valence-electron chi connectivity index (χ1n) is 9.35. The summed E-state index contributed by atoms with van der Waals surface area (Å²) in [7, 11) is 3.53. The van der Waals surface area contributed by atoms with E-state index < -0.39 is 0 Å². The van der Waals surface area contributed by atoms with Crippen LogP contribution in [0.25, 0.3) is 11.4 Å². The number of nitrogens with zero attached hydrogens (tertiary/aromatic N) is 6. The topological polar surface area (TPSA) is 102 Å². The Labute approximate surface area is 173 Å². The second-order valence-electron chi connectivity index (χ2n) is 6.87. The second kappa shape index (κ2) is 8.16. The number of aryl methyl sites for hydroxylation is 2. The van der Waals surface area contributed by atoms with Gasteiger partial charge in [0.05, 0.1) is 6.20 Å². The quantitative estimate of drug-likeness (QED) is 0.527. The number of carbonyl (C=O) groups is 1. The average Bonchev–Trinajstić information content (AvgIpc) is 3.39. The third-order valence-electron chi connectivity index (χ3n) is 4.57. The lowest BCUT2D eigenvalue weighted by molar-refractivity contribution is 0.0745. The van der Waals surface area contributed by atoms with Crippen LogP contribution in [-0.2, 0) is 13.6 Å². The van der Waals surface area contributed by atoms with E-state index in [2.05, 4.69) is 25.4 Å². The molecule has 3 aromatic heterocycles. The van der Waals surface area contributed by atoms with E-state index in [9.17, 15) is 4.79 Å². The lowest BCUT2D eigenvalue weighted by Gasteiger charge is -2.14. The summed E-state index contributed by atoms with van der Waals surface area (Å²) in [6.07, 6.45) is 4.81. The molecule has 0 radical (unpaired) electrons. The Morgan fingerprint density at radius 1 is 1.20 bits per heavy atom. The van der Waals surface area contributed by atoms with Gasteiger partial charge in [-0.25, -0.2) is 15.0 Å². The zero-order chi connectivity index (χ0) is 21.1. The molecule has 0 aliphatic rings. The lowest BCUT2D eigenvalue weighted by atomic mass is 10.2. The first-order valence-corrected chi connectivity index (χ1v) is 9.35. The molecule has 4 aromatic rings. The van der Waals surface area contributed by atoms with Crippen LogP contribution in [-0.4, -0.2) is 42.6 Å². The first kappa shape index (κ1) is 19.3. The Balaban J connectivity index is 1.53. The largest absolute Gasteiger partial charge is 0.440 e. The van der Waals surface area contributed by atoms with E-state index in [1.807, 2.05) is 50.4 Å². The third-order valence-corrected chi connectivity index (χ3v) is 4.57. The van der Waals surface area contributed by atoms with Gasteiger partial charge in [0.15, 0.2) is 0 Å². The molecule has 0 unspecified atom stereocenters. The van der Waals surface area contributed by atoms with Crippen molar-refractivity contribution >= 4 is 17.7 Å². The number of hydrogen-bond donors (Lipinski definition) is 1. The number of hydrogen-bond acceptors (Lipinski definition) is 7. The minimum absolute atomic E-state index is 0.0163. The van der Waals surface area contributed by atoms with Crippen LogP contribution in [0.3, 0.4) is 0 Å². The molecular formula is C21H21N7O2. The number of nitrogens with one attached hydrogen (secondary N) is 1. The van der Waals surface area contributed by atoms with E-state index in [-0.39, 0.29) is 11.8 Å². The number of benzene rings is 1. The minimum Gasteiger partial charge on any atom is -0.440 e. The van der Waals surface area contributed by atoms with E-state index in [0.717, 1.165) is 16.9 Å². The van der Waals surface area contributed by atoms with Crippen LogP contribution in [0.5, 0.6) is 0 Å². The Bertz CT molecular complexity index is 1170. The summed E-state index contributed by atoms with van der Waals surface area (Å²) >= 11 is 0. The summed E-state index contributed by atoms with van der Waals surface area (Å²) in [6, 6.07) is 11.6. The van der Waals surface area contributed by atoms with Gasteiger partial charge in [0, 0.05) is 32.9 Å². The van der Waals surface area contributed by atoms with E-state index in [0.29, 0.717) is 23.9 Å². The van der Waals surface area contributed by atoms with Gasteiger partial charge in [0.25, 0.3) is 5.89 Å². The Morgan fingerprint density at radius 2 is 2.00 bits per heavy atom. The van der Waals surface area contributed by atoms with Crippen LogP contribution in [0, 0.1) is 6.92 Å². The number of amides is 1. The summed E-state index contributed by atoms with van der Waals surface area (Å²) < 4.78 is 7.14. The molecule has 152 valence electrons. The van der Waals surface area contributed by atoms with Crippen molar-refractivity contribution in [3.8, 4) is 11.4 Å². The zero-order valence-electron chi connectivity index (χ0n) is 16.9. The molecule has 0 aliphatic carbocycles. The molecule has 0 saturated heterocycles. The highest BCUT2D eigenvalue weighted by molar-refractivity contribution is 5.90. The van der Waals surface area contributed by atoms with E-state index in [4.69, 9.17) is 4.42 Å². The fraction of sp³-hybridized carbons (Fsp3) is 0.190. The molecule has 1 amide bonds. The molecule has 9 heteroatoms. The summed E-state index contributed by atoms with van der Waals surface area (Å²) in [4.78, 5) is 27.5. The highest BCUT2D eigenvalue weighted by Gasteiger charge is 2.20. The van der Waals surface area contributed by atoms with Crippen molar-refractivity contribution < 1.29 is 9.21 Å². The highest BCUT2D eigenvalue weighted by atomic mass is 16.4. The van der Waals surface area contributed by atoms with Crippen molar-refractivity contribution in [2.75, 3.05) is 12.4 Å². The molecule has 3 heterocycles. The van der Waals surface area contributed by atoms with Crippen molar-refractivity contribution in [1.82, 2.24) is 29.6 Å². The van der Waals surface area contributed by atoms with Gasteiger partial charge in [-0.15, -0.1) is 0 Å². The van der Waals surface area contributed by atoms with Crippen molar-refractivity contribution in [3.63, 3.8) is 0 Å². The molecule has 4 rings (SSSR count). The van der Waals surface area contributed by atoms with Crippen LogP contribution < -0.4 is 5.32 Å². The van der Waals surface area contributed by atoms with Gasteiger partial charge < -0.3 is 14.6 Å². The lowest BCUT2D eigenvalue weighted by Crippen LogP contribution is -2.26. The predicted molar refractivity (Wildman–Crippen MR) is 111 cm³/mol. The monoisotopic (exact) mass is 403 g/mol. The summed E-state index contributed by atoms with van der Waals surface area (Å²) in [5, 5.41) is 7.22. The maximum Gasteiger partial charge on any atom is 0.309 e. The predicted octanol–water partition coefficient (Wildman–Crippen LogP) is 3.19. The van der Waals surface area contributed by atoms with E-state index >= 15 is 0 Å².